The minimum Gasteiger partial charge on any atom is -0.460 e. The molecule has 0 amide bonds. The Hall–Kier alpha value is -1.64. The van der Waals surface area contributed by atoms with Crippen molar-refractivity contribution in [1.82, 2.24) is 0 Å². The van der Waals surface area contributed by atoms with Gasteiger partial charge in [0.15, 0.2) is 0 Å². The molecule has 1 aromatic rings. The lowest BCUT2D eigenvalue weighted by Crippen LogP contribution is -2.18. The summed E-state index contributed by atoms with van der Waals surface area (Å²) in [6.07, 6.45) is 0. The van der Waals surface area contributed by atoms with Crippen molar-refractivity contribution in [2.45, 2.75) is 20.8 Å². The molecule has 0 heterocycles. The molecule has 0 bridgehead atoms. The van der Waals surface area contributed by atoms with Crippen LogP contribution in [-0.4, -0.2) is 18.4 Å². The third-order valence-corrected chi connectivity index (χ3v) is 2.09. The normalized spacial score (nSPS) is 9.80. The molecule has 0 aliphatic rings. The molecule has 80 valence electrons. The zero-order chi connectivity index (χ0) is 11.4. The minimum atomic E-state index is -0.788. The molecule has 0 radical (unpaired) electrons. The number of rotatable bonds is 3. The van der Waals surface area contributed by atoms with E-state index >= 15 is 0 Å². The SMILES string of the molecule is CCOC(=O)C(=O)c1ccc(C)cc1C. The summed E-state index contributed by atoms with van der Waals surface area (Å²) in [5.74, 6) is -1.36. The summed E-state index contributed by atoms with van der Waals surface area (Å²) in [7, 11) is 0. The van der Waals surface area contributed by atoms with Crippen LogP contribution in [0.1, 0.15) is 28.4 Å². The van der Waals surface area contributed by atoms with Gasteiger partial charge in [0.05, 0.1) is 6.61 Å². The van der Waals surface area contributed by atoms with Gasteiger partial charge in [0, 0.05) is 5.56 Å². The molecular formula is C12H14O3. The molecule has 15 heavy (non-hydrogen) atoms. The number of ketones is 1. The Morgan fingerprint density at radius 3 is 2.47 bits per heavy atom. The van der Waals surface area contributed by atoms with Crippen LogP contribution < -0.4 is 0 Å². The van der Waals surface area contributed by atoms with Gasteiger partial charge in [-0.15, -0.1) is 0 Å². The third-order valence-electron chi connectivity index (χ3n) is 2.09. The van der Waals surface area contributed by atoms with E-state index < -0.39 is 11.8 Å². The van der Waals surface area contributed by atoms with Gasteiger partial charge in [0.1, 0.15) is 0 Å². The van der Waals surface area contributed by atoms with Crippen LogP contribution in [0.3, 0.4) is 0 Å². The summed E-state index contributed by atoms with van der Waals surface area (Å²) in [6, 6.07) is 5.33. The van der Waals surface area contributed by atoms with E-state index in [9.17, 15) is 9.59 Å². The molecule has 3 nitrogen and oxygen atoms in total. The van der Waals surface area contributed by atoms with Crippen molar-refractivity contribution in [3.63, 3.8) is 0 Å². The van der Waals surface area contributed by atoms with Crippen molar-refractivity contribution in [1.29, 1.82) is 0 Å². The minimum absolute atomic E-state index is 0.218. The predicted molar refractivity (Wildman–Crippen MR) is 56.9 cm³/mol. The van der Waals surface area contributed by atoms with Crippen molar-refractivity contribution in [2.24, 2.45) is 0 Å². The highest BCUT2D eigenvalue weighted by atomic mass is 16.5. The smallest absolute Gasteiger partial charge is 0.379 e. The van der Waals surface area contributed by atoms with Gasteiger partial charge in [0.2, 0.25) is 0 Å². The Morgan fingerprint density at radius 2 is 1.93 bits per heavy atom. The Labute approximate surface area is 89.1 Å². The van der Waals surface area contributed by atoms with Crippen LogP contribution >= 0.6 is 0 Å². The molecule has 0 aliphatic carbocycles. The number of hydrogen-bond acceptors (Lipinski definition) is 3. The first-order valence-electron chi connectivity index (χ1n) is 4.85. The lowest BCUT2D eigenvalue weighted by atomic mass is 10.0. The lowest BCUT2D eigenvalue weighted by Gasteiger charge is -2.05. The highest BCUT2D eigenvalue weighted by molar-refractivity contribution is 6.41. The maximum atomic E-state index is 11.6. The van der Waals surface area contributed by atoms with Crippen molar-refractivity contribution < 1.29 is 14.3 Å². The molecule has 0 spiro atoms. The van der Waals surface area contributed by atoms with Gasteiger partial charge < -0.3 is 4.74 Å². The fraction of sp³-hybridized carbons (Fsp3) is 0.333. The van der Waals surface area contributed by atoms with Crippen LogP contribution in [0.15, 0.2) is 18.2 Å². The number of aryl methyl sites for hydroxylation is 2. The first-order valence-corrected chi connectivity index (χ1v) is 4.85. The highest BCUT2D eigenvalue weighted by Crippen LogP contribution is 2.11. The molecule has 1 aromatic carbocycles. The number of Topliss-reactive ketones (excluding diaryl/α,β-unsaturated/α-hetero) is 1. The number of esters is 1. The lowest BCUT2D eigenvalue weighted by molar-refractivity contribution is -0.137. The molecule has 3 heteroatoms. The number of benzene rings is 1. The summed E-state index contributed by atoms with van der Waals surface area (Å²) in [5, 5.41) is 0. The maximum absolute atomic E-state index is 11.6. The van der Waals surface area contributed by atoms with E-state index in [0.29, 0.717) is 5.56 Å². The summed E-state index contributed by atoms with van der Waals surface area (Å²) in [6.45, 7) is 5.63. The van der Waals surface area contributed by atoms with Gasteiger partial charge in [-0.2, -0.15) is 0 Å². The monoisotopic (exact) mass is 206 g/mol. The van der Waals surface area contributed by atoms with Crippen LogP contribution in [0.5, 0.6) is 0 Å². The number of carbonyl (C=O) groups excluding carboxylic acids is 2. The summed E-state index contributed by atoms with van der Waals surface area (Å²) < 4.78 is 4.65. The second-order valence-electron chi connectivity index (χ2n) is 3.37. The number of carbonyl (C=O) groups is 2. The van der Waals surface area contributed by atoms with Crippen LogP contribution in [0.2, 0.25) is 0 Å². The molecule has 0 unspecified atom stereocenters. The van der Waals surface area contributed by atoms with Gasteiger partial charge in [-0.05, 0) is 26.3 Å². The van der Waals surface area contributed by atoms with Crippen molar-refractivity contribution in [2.75, 3.05) is 6.61 Å². The maximum Gasteiger partial charge on any atom is 0.379 e. The van der Waals surface area contributed by atoms with Gasteiger partial charge in [0.25, 0.3) is 5.78 Å². The fourth-order valence-corrected chi connectivity index (χ4v) is 1.37. The first-order chi connectivity index (χ1) is 7.06. The third kappa shape index (κ3) is 2.65. The van der Waals surface area contributed by atoms with Crippen molar-refractivity contribution in [3.05, 3.63) is 34.9 Å². The fourth-order valence-electron chi connectivity index (χ4n) is 1.37. The topological polar surface area (TPSA) is 43.4 Å². The second-order valence-corrected chi connectivity index (χ2v) is 3.37. The average Bonchev–Trinajstić information content (AvgIpc) is 2.17. The van der Waals surface area contributed by atoms with Gasteiger partial charge >= 0.3 is 5.97 Å². The molecule has 0 atom stereocenters. The van der Waals surface area contributed by atoms with Crippen LogP contribution in [0, 0.1) is 13.8 Å². The van der Waals surface area contributed by atoms with Crippen molar-refractivity contribution >= 4 is 11.8 Å². The van der Waals surface area contributed by atoms with Crippen LogP contribution in [0.4, 0.5) is 0 Å². The van der Waals surface area contributed by atoms with E-state index in [1.165, 1.54) is 0 Å². The number of ether oxygens (including phenoxy) is 1. The molecule has 0 fully saturated rings. The molecular weight excluding hydrogens is 192 g/mol. The Bertz CT molecular complexity index is 394. The average molecular weight is 206 g/mol. The Morgan fingerprint density at radius 1 is 1.27 bits per heavy atom. The van der Waals surface area contributed by atoms with E-state index in [2.05, 4.69) is 4.74 Å². The van der Waals surface area contributed by atoms with E-state index in [-0.39, 0.29) is 6.61 Å². The molecule has 1 rings (SSSR count). The van der Waals surface area contributed by atoms with E-state index in [1.54, 1.807) is 26.0 Å². The van der Waals surface area contributed by atoms with E-state index in [1.807, 2.05) is 13.0 Å². The summed E-state index contributed by atoms with van der Waals surface area (Å²) >= 11 is 0. The molecule has 0 saturated heterocycles. The zero-order valence-corrected chi connectivity index (χ0v) is 9.16. The van der Waals surface area contributed by atoms with E-state index in [4.69, 9.17) is 0 Å². The van der Waals surface area contributed by atoms with Crippen LogP contribution in [0.25, 0.3) is 0 Å². The first kappa shape index (κ1) is 11.4. The van der Waals surface area contributed by atoms with Gasteiger partial charge in [-0.25, -0.2) is 4.79 Å². The van der Waals surface area contributed by atoms with Gasteiger partial charge in [-0.1, -0.05) is 23.8 Å². The van der Waals surface area contributed by atoms with Gasteiger partial charge in [-0.3, -0.25) is 4.79 Å². The molecule has 0 aromatic heterocycles. The summed E-state index contributed by atoms with van der Waals surface area (Å²) in [5.41, 5.74) is 2.28. The molecule has 0 N–H and O–H groups in total. The van der Waals surface area contributed by atoms with E-state index in [0.717, 1.165) is 11.1 Å². The Balaban J connectivity index is 2.96. The predicted octanol–water partition coefficient (Wildman–Crippen LogP) is 2.05. The standard InChI is InChI=1S/C12H14O3/c1-4-15-12(14)11(13)10-6-5-8(2)7-9(10)3/h5-7H,4H2,1-3H3. The number of hydrogen-bond donors (Lipinski definition) is 0. The van der Waals surface area contributed by atoms with Crippen molar-refractivity contribution in [3.8, 4) is 0 Å². The zero-order valence-electron chi connectivity index (χ0n) is 9.16. The molecule has 0 aliphatic heterocycles. The quantitative estimate of drug-likeness (QED) is 0.432. The molecule has 0 saturated carbocycles. The van der Waals surface area contributed by atoms with Crippen LogP contribution in [-0.2, 0) is 9.53 Å². The Kier molecular flexibility index (Phi) is 3.61. The highest BCUT2D eigenvalue weighted by Gasteiger charge is 2.18. The summed E-state index contributed by atoms with van der Waals surface area (Å²) in [4.78, 5) is 22.8. The second kappa shape index (κ2) is 4.73. The largest absolute Gasteiger partial charge is 0.460 e.